The smallest absolute Gasteiger partial charge is 0.319 e. The van der Waals surface area contributed by atoms with Crippen LogP contribution in [0.2, 0.25) is 0 Å². The fourth-order valence-electron chi connectivity index (χ4n) is 1.94. The van der Waals surface area contributed by atoms with Gasteiger partial charge in [0.2, 0.25) is 5.91 Å². The van der Waals surface area contributed by atoms with Crippen molar-refractivity contribution in [2.45, 2.75) is 46.1 Å². The predicted octanol–water partition coefficient (Wildman–Crippen LogP) is 2.85. The summed E-state index contributed by atoms with van der Waals surface area (Å²) in [6.45, 7) is 8.40. The number of urea groups is 1. The molecule has 0 fully saturated rings. The van der Waals surface area contributed by atoms with E-state index in [0.29, 0.717) is 12.5 Å². The molecule has 1 aromatic rings. The first kappa shape index (κ1) is 17.0. The van der Waals surface area contributed by atoms with Crippen molar-refractivity contribution in [2.75, 3.05) is 11.9 Å². The molecule has 0 saturated heterocycles. The van der Waals surface area contributed by atoms with Crippen molar-refractivity contribution >= 4 is 17.6 Å². The van der Waals surface area contributed by atoms with Gasteiger partial charge < -0.3 is 16.0 Å². The van der Waals surface area contributed by atoms with E-state index in [1.54, 1.807) is 6.92 Å². The first-order chi connectivity index (χ1) is 9.95. The van der Waals surface area contributed by atoms with Crippen LogP contribution in [0.4, 0.5) is 10.5 Å². The molecule has 3 N–H and O–H groups in total. The Labute approximate surface area is 126 Å². The zero-order chi connectivity index (χ0) is 15.8. The van der Waals surface area contributed by atoms with E-state index in [0.717, 1.165) is 17.7 Å². The van der Waals surface area contributed by atoms with E-state index >= 15 is 0 Å². The van der Waals surface area contributed by atoms with E-state index in [1.807, 2.05) is 31.2 Å². The molecule has 0 unspecified atom stereocenters. The van der Waals surface area contributed by atoms with E-state index in [1.165, 1.54) is 0 Å². The highest BCUT2D eigenvalue weighted by Crippen LogP contribution is 2.23. The minimum atomic E-state index is -0.567. The maximum Gasteiger partial charge on any atom is 0.319 e. The molecule has 0 saturated carbocycles. The predicted molar refractivity (Wildman–Crippen MR) is 85.4 cm³/mol. The van der Waals surface area contributed by atoms with Crippen molar-refractivity contribution < 1.29 is 9.59 Å². The summed E-state index contributed by atoms with van der Waals surface area (Å²) in [6, 6.07) is 6.72. The van der Waals surface area contributed by atoms with Crippen LogP contribution in [-0.4, -0.2) is 24.5 Å². The average molecular weight is 291 g/mol. The highest BCUT2D eigenvalue weighted by atomic mass is 16.2. The Morgan fingerprint density at radius 2 is 1.81 bits per heavy atom. The van der Waals surface area contributed by atoms with Crippen molar-refractivity contribution in [3.63, 3.8) is 0 Å². The van der Waals surface area contributed by atoms with Crippen LogP contribution in [0.25, 0.3) is 0 Å². The molecular weight excluding hydrogens is 266 g/mol. The standard InChI is InChI=1S/C16H25N3O2/c1-5-10-17-15(20)12(4)18-16(21)19-14-9-7-6-8-13(14)11(2)3/h6-9,11-12H,5,10H2,1-4H3,(H,17,20)(H2,18,19,21)/t12-/m1/s1. The number of anilines is 1. The van der Waals surface area contributed by atoms with E-state index in [4.69, 9.17) is 0 Å². The third-order valence-corrected chi connectivity index (χ3v) is 3.12. The third-order valence-electron chi connectivity index (χ3n) is 3.12. The molecule has 0 bridgehead atoms. The van der Waals surface area contributed by atoms with Crippen LogP contribution < -0.4 is 16.0 Å². The lowest BCUT2D eigenvalue weighted by Gasteiger charge is -2.17. The molecule has 21 heavy (non-hydrogen) atoms. The molecule has 0 radical (unpaired) electrons. The topological polar surface area (TPSA) is 70.2 Å². The van der Waals surface area contributed by atoms with Gasteiger partial charge in [0.05, 0.1) is 0 Å². The number of carbonyl (C=O) groups is 2. The Hall–Kier alpha value is -2.04. The van der Waals surface area contributed by atoms with Crippen LogP contribution in [0.1, 0.15) is 45.6 Å². The molecule has 1 aromatic carbocycles. The fraction of sp³-hybridized carbons (Fsp3) is 0.500. The molecule has 1 atom stereocenters. The van der Waals surface area contributed by atoms with Crippen LogP contribution >= 0.6 is 0 Å². The molecule has 5 heteroatoms. The van der Waals surface area contributed by atoms with Crippen LogP contribution in [0.3, 0.4) is 0 Å². The van der Waals surface area contributed by atoms with Crippen molar-refractivity contribution in [1.29, 1.82) is 0 Å². The second-order valence-electron chi connectivity index (χ2n) is 5.35. The first-order valence-corrected chi connectivity index (χ1v) is 7.39. The number of para-hydroxylation sites is 1. The number of nitrogens with one attached hydrogen (secondary N) is 3. The van der Waals surface area contributed by atoms with Crippen LogP contribution in [-0.2, 0) is 4.79 Å². The van der Waals surface area contributed by atoms with Crippen LogP contribution in [0.15, 0.2) is 24.3 Å². The SMILES string of the molecule is CCCNC(=O)[C@@H](C)NC(=O)Nc1ccccc1C(C)C. The molecular formula is C16H25N3O2. The Morgan fingerprint density at radius 1 is 1.14 bits per heavy atom. The summed E-state index contributed by atoms with van der Waals surface area (Å²) in [5.74, 6) is 0.135. The lowest BCUT2D eigenvalue weighted by molar-refractivity contribution is -0.122. The molecule has 0 spiro atoms. The zero-order valence-electron chi connectivity index (χ0n) is 13.2. The van der Waals surface area contributed by atoms with Crippen molar-refractivity contribution in [1.82, 2.24) is 10.6 Å². The second-order valence-corrected chi connectivity index (χ2v) is 5.35. The average Bonchev–Trinajstić information content (AvgIpc) is 2.44. The van der Waals surface area contributed by atoms with Crippen LogP contribution in [0.5, 0.6) is 0 Å². The summed E-state index contributed by atoms with van der Waals surface area (Å²) in [7, 11) is 0. The molecule has 0 aliphatic heterocycles. The second kappa shape index (κ2) is 8.29. The summed E-state index contributed by atoms with van der Waals surface area (Å²) in [6.07, 6.45) is 0.867. The molecule has 0 heterocycles. The van der Waals surface area contributed by atoms with Gasteiger partial charge in [-0.1, -0.05) is 39.0 Å². The highest BCUT2D eigenvalue weighted by molar-refractivity contribution is 5.94. The molecule has 116 valence electrons. The van der Waals surface area contributed by atoms with Gasteiger partial charge in [0.25, 0.3) is 0 Å². The Morgan fingerprint density at radius 3 is 2.43 bits per heavy atom. The lowest BCUT2D eigenvalue weighted by Crippen LogP contribution is -2.46. The number of rotatable bonds is 6. The van der Waals surface area contributed by atoms with Gasteiger partial charge in [0.15, 0.2) is 0 Å². The van der Waals surface area contributed by atoms with Crippen LogP contribution in [0, 0.1) is 0 Å². The molecule has 3 amide bonds. The minimum absolute atomic E-state index is 0.177. The van der Waals surface area contributed by atoms with E-state index in [2.05, 4.69) is 29.8 Å². The Bertz CT molecular complexity index is 486. The summed E-state index contributed by atoms with van der Waals surface area (Å²) in [5.41, 5.74) is 1.84. The van der Waals surface area contributed by atoms with E-state index in [-0.39, 0.29) is 11.9 Å². The summed E-state index contributed by atoms with van der Waals surface area (Å²) in [4.78, 5) is 23.7. The largest absolute Gasteiger partial charge is 0.354 e. The van der Waals surface area contributed by atoms with Gasteiger partial charge in [-0.2, -0.15) is 0 Å². The number of carbonyl (C=O) groups excluding carboxylic acids is 2. The lowest BCUT2D eigenvalue weighted by atomic mass is 10.0. The van der Waals surface area contributed by atoms with E-state index < -0.39 is 6.04 Å². The summed E-state index contributed by atoms with van der Waals surface area (Å²) >= 11 is 0. The minimum Gasteiger partial charge on any atom is -0.354 e. The Kier molecular flexibility index (Phi) is 6.72. The van der Waals surface area contributed by atoms with Gasteiger partial charge in [-0.25, -0.2) is 4.79 Å². The summed E-state index contributed by atoms with van der Waals surface area (Å²) in [5, 5.41) is 8.19. The number of hydrogen-bond acceptors (Lipinski definition) is 2. The quantitative estimate of drug-likeness (QED) is 0.754. The molecule has 5 nitrogen and oxygen atoms in total. The van der Waals surface area contributed by atoms with Crippen molar-refractivity contribution in [3.8, 4) is 0 Å². The third kappa shape index (κ3) is 5.45. The monoisotopic (exact) mass is 291 g/mol. The number of amides is 3. The van der Waals surface area contributed by atoms with Crippen molar-refractivity contribution in [3.05, 3.63) is 29.8 Å². The molecule has 0 aliphatic rings. The number of hydrogen-bond donors (Lipinski definition) is 3. The van der Waals surface area contributed by atoms with Crippen molar-refractivity contribution in [2.24, 2.45) is 0 Å². The van der Waals surface area contributed by atoms with Gasteiger partial charge in [-0.05, 0) is 30.9 Å². The molecule has 1 rings (SSSR count). The van der Waals surface area contributed by atoms with Gasteiger partial charge in [0, 0.05) is 12.2 Å². The van der Waals surface area contributed by atoms with Gasteiger partial charge >= 0.3 is 6.03 Å². The highest BCUT2D eigenvalue weighted by Gasteiger charge is 2.16. The van der Waals surface area contributed by atoms with Gasteiger partial charge in [-0.3, -0.25) is 4.79 Å². The first-order valence-electron chi connectivity index (χ1n) is 7.39. The normalized spacial score (nSPS) is 11.9. The fourth-order valence-corrected chi connectivity index (χ4v) is 1.94. The number of benzene rings is 1. The zero-order valence-corrected chi connectivity index (χ0v) is 13.2. The van der Waals surface area contributed by atoms with Gasteiger partial charge in [0.1, 0.15) is 6.04 Å². The van der Waals surface area contributed by atoms with Gasteiger partial charge in [-0.15, -0.1) is 0 Å². The van der Waals surface area contributed by atoms with E-state index in [9.17, 15) is 9.59 Å². The molecule has 0 aromatic heterocycles. The summed E-state index contributed by atoms with van der Waals surface area (Å²) < 4.78 is 0. The maximum atomic E-state index is 12.0. The Balaban J connectivity index is 2.60. The maximum absolute atomic E-state index is 12.0. The molecule has 0 aliphatic carbocycles.